The van der Waals surface area contributed by atoms with Crippen LogP contribution in [0.5, 0.6) is 5.75 Å². The first-order valence-electron chi connectivity index (χ1n) is 10.2. The second-order valence-corrected chi connectivity index (χ2v) is 10.1. The van der Waals surface area contributed by atoms with Crippen molar-refractivity contribution in [2.45, 2.75) is 37.5 Å². The maximum atomic E-state index is 12.9. The molecule has 0 aromatic heterocycles. The van der Waals surface area contributed by atoms with Gasteiger partial charge in [-0.25, -0.2) is 8.42 Å². The van der Waals surface area contributed by atoms with E-state index in [1.807, 2.05) is 13.0 Å². The van der Waals surface area contributed by atoms with Crippen molar-refractivity contribution in [3.8, 4) is 5.75 Å². The molecular weight excluding hydrogens is 424 g/mol. The number of carbonyl (C=O) groups excluding carboxylic acids is 1. The fraction of sp³-hybridized carbons (Fsp3) is 0.409. The average Bonchev–Trinajstić information content (AvgIpc) is 3.29. The van der Waals surface area contributed by atoms with Crippen molar-refractivity contribution < 1.29 is 17.9 Å². The highest BCUT2D eigenvalue weighted by Crippen LogP contribution is 2.32. The van der Waals surface area contributed by atoms with Crippen LogP contribution in [0.4, 0.5) is 5.69 Å². The summed E-state index contributed by atoms with van der Waals surface area (Å²) in [5.41, 5.74) is 2.63. The Kier molecular flexibility index (Phi) is 6.04. The second kappa shape index (κ2) is 8.57. The highest BCUT2D eigenvalue weighted by Gasteiger charge is 2.29. The van der Waals surface area contributed by atoms with E-state index < -0.39 is 10.0 Å². The summed E-state index contributed by atoms with van der Waals surface area (Å²) in [6, 6.07) is 10.5. The summed E-state index contributed by atoms with van der Waals surface area (Å²) in [5, 5.41) is 0.462. The molecule has 0 saturated carbocycles. The van der Waals surface area contributed by atoms with E-state index in [2.05, 4.69) is 0 Å². The molecule has 8 heteroatoms. The number of rotatable bonds is 5. The number of nitrogens with zero attached hydrogens (tertiary/aromatic N) is 2. The van der Waals surface area contributed by atoms with Gasteiger partial charge in [-0.1, -0.05) is 17.7 Å². The molecule has 160 valence electrons. The van der Waals surface area contributed by atoms with Crippen LogP contribution in [0.25, 0.3) is 0 Å². The highest BCUT2D eigenvalue weighted by molar-refractivity contribution is 7.89. The van der Waals surface area contributed by atoms with Crippen molar-refractivity contribution >= 4 is 33.2 Å². The van der Waals surface area contributed by atoms with Gasteiger partial charge >= 0.3 is 0 Å². The highest BCUT2D eigenvalue weighted by atomic mass is 35.5. The molecule has 0 radical (unpaired) electrons. The largest absolute Gasteiger partial charge is 0.482 e. The van der Waals surface area contributed by atoms with Crippen LogP contribution in [0.1, 0.15) is 30.4 Å². The van der Waals surface area contributed by atoms with E-state index in [1.165, 1.54) is 0 Å². The van der Waals surface area contributed by atoms with Crippen molar-refractivity contribution in [1.82, 2.24) is 4.31 Å². The van der Waals surface area contributed by atoms with E-state index in [4.69, 9.17) is 16.3 Å². The molecular formula is C22H25ClN2O4S. The molecule has 2 aromatic carbocycles. The van der Waals surface area contributed by atoms with Crippen molar-refractivity contribution in [1.29, 1.82) is 0 Å². The second-order valence-electron chi connectivity index (χ2n) is 7.77. The molecule has 1 fully saturated rings. The lowest BCUT2D eigenvalue weighted by molar-refractivity contribution is -0.120. The Bertz CT molecular complexity index is 1060. The summed E-state index contributed by atoms with van der Waals surface area (Å²) in [5.74, 6) is 0.304. The van der Waals surface area contributed by atoms with Gasteiger partial charge in [0.2, 0.25) is 10.0 Å². The Morgan fingerprint density at radius 2 is 1.83 bits per heavy atom. The monoisotopic (exact) mass is 448 g/mol. The lowest BCUT2D eigenvalue weighted by Gasteiger charge is -2.30. The minimum absolute atomic E-state index is 0.129. The Labute approximate surface area is 182 Å². The zero-order valence-electron chi connectivity index (χ0n) is 16.9. The fourth-order valence-corrected chi connectivity index (χ4v) is 5.75. The number of sulfonamides is 1. The van der Waals surface area contributed by atoms with Crippen molar-refractivity contribution in [2.24, 2.45) is 0 Å². The Morgan fingerprint density at radius 1 is 1.07 bits per heavy atom. The van der Waals surface area contributed by atoms with Crippen LogP contribution in [0.3, 0.4) is 0 Å². The number of benzene rings is 2. The molecule has 2 aromatic rings. The number of fused-ring (bicyclic) bond motifs is 1. The zero-order valence-corrected chi connectivity index (χ0v) is 18.5. The number of ether oxygens (including phenoxy) is 1. The summed E-state index contributed by atoms with van der Waals surface area (Å²) >= 11 is 6.15. The van der Waals surface area contributed by atoms with Gasteiger partial charge in [0.25, 0.3) is 5.91 Å². The van der Waals surface area contributed by atoms with Crippen LogP contribution in [-0.2, 0) is 21.2 Å². The third kappa shape index (κ3) is 4.19. The first-order chi connectivity index (χ1) is 14.4. The molecule has 0 atom stereocenters. The smallest absolute Gasteiger partial charge is 0.264 e. The van der Waals surface area contributed by atoms with Gasteiger partial charge in [0.15, 0.2) is 6.61 Å². The average molecular weight is 449 g/mol. The van der Waals surface area contributed by atoms with Crippen molar-refractivity contribution in [3.63, 3.8) is 0 Å². The third-order valence-corrected chi connectivity index (χ3v) is 7.82. The number of hydrogen-bond acceptors (Lipinski definition) is 4. The predicted octanol–water partition coefficient (Wildman–Crippen LogP) is 3.79. The van der Waals surface area contributed by atoms with Crippen LogP contribution >= 0.6 is 11.6 Å². The lowest BCUT2D eigenvalue weighted by atomic mass is 10.0. The zero-order chi connectivity index (χ0) is 21.3. The maximum Gasteiger partial charge on any atom is 0.264 e. The van der Waals surface area contributed by atoms with Gasteiger partial charge in [-0.2, -0.15) is 4.31 Å². The molecule has 30 heavy (non-hydrogen) atoms. The summed E-state index contributed by atoms with van der Waals surface area (Å²) < 4.78 is 32.9. The van der Waals surface area contributed by atoms with Crippen LogP contribution in [-0.4, -0.2) is 44.9 Å². The molecule has 2 heterocycles. The van der Waals surface area contributed by atoms with E-state index in [0.29, 0.717) is 35.3 Å². The molecule has 0 bridgehead atoms. The first kappa shape index (κ1) is 21.2. The standard InChI is InChI=1S/C22H25ClN2O4S/c1-16-6-8-19(23)21(13-16)29-15-22(26)25-12-4-5-17-14-18(7-9-20(17)25)30(27,28)24-10-2-3-11-24/h6-9,13-14H,2-5,10-12,15H2,1H3. The lowest BCUT2D eigenvalue weighted by Crippen LogP contribution is -2.38. The Morgan fingerprint density at radius 3 is 2.60 bits per heavy atom. The van der Waals surface area contributed by atoms with Gasteiger partial charge in [-0.15, -0.1) is 0 Å². The predicted molar refractivity (Wildman–Crippen MR) is 117 cm³/mol. The summed E-state index contributed by atoms with van der Waals surface area (Å²) in [6.07, 6.45) is 3.32. The van der Waals surface area contributed by atoms with Gasteiger partial charge < -0.3 is 9.64 Å². The molecule has 0 spiro atoms. The number of carbonyl (C=O) groups is 1. The number of halogens is 1. The van der Waals surface area contributed by atoms with Gasteiger partial charge in [-0.3, -0.25) is 4.79 Å². The molecule has 1 saturated heterocycles. The maximum absolute atomic E-state index is 12.9. The quantitative estimate of drug-likeness (QED) is 0.697. The molecule has 4 rings (SSSR count). The molecule has 0 unspecified atom stereocenters. The van der Waals surface area contributed by atoms with E-state index in [-0.39, 0.29) is 12.5 Å². The van der Waals surface area contributed by atoms with E-state index in [0.717, 1.165) is 42.5 Å². The SMILES string of the molecule is Cc1ccc(Cl)c(OCC(=O)N2CCCc3cc(S(=O)(=O)N4CCCC4)ccc32)c1. The number of amides is 1. The topological polar surface area (TPSA) is 66.9 Å². The summed E-state index contributed by atoms with van der Waals surface area (Å²) in [7, 11) is -3.47. The minimum Gasteiger partial charge on any atom is -0.482 e. The van der Waals surface area contributed by atoms with Gasteiger partial charge in [0.1, 0.15) is 5.75 Å². The summed E-state index contributed by atoms with van der Waals surface area (Å²) in [6.45, 7) is 3.52. The van der Waals surface area contributed by atoms with Crippen LogP contribution in [0.15, 0.2) is 41.3 Å². The van der Waals surface area contributed by atoms with Crippen LogP contribution < -0.4 is 9.64 Å². The Hall–Kier alpha value is -2.09. The van der Waals surface area contributed by atoms with E-state index in [1.54, 1.807) is 39.5 Å². The first-order valence-corrected chi connectivity index (χ1v) is 12.0. The summed E-state index contributed by atoms with van der Waals surface area (Å²) in [4.78, 5) is 14.8. The van der Waals surface area contributed by atoms with E-state index >= 15 is 0 Å². The fourth-order valence-electron chi connectivity index (χ4n) is 4.01. The minimum atomic E-state index is -3.47. The molecule has 6 nitrogen and oxygen atoms in total. The molecule has 0 N–H and O–H groups in total. The van der Waals surface area contributed by atoms with Gasteiger partial charge in [0, 0.05) is 25.3 Å². The number of hydrogen-bond donors (Lipinski definition) is 0. The van der Waals surface area contributed by atoms with Gasteiger partial charge in [-0.05, 0) is 74.1 Å². The van der Waals surface area contributed by atoms with E-state index in [9.17, 15) is 13.2 Å². The van der Waals surface area contributed by atoms with Crippen molar-refractivity contribution in [2.75, 3.05) is 31.1 Å². The third-order valence-electron chi connectivity index (χ3n) is 5.61. The van der Waals surface area contributed by atoms with Gasteiger partial charge in [0.05, 0.1) is 9.92 Å². The number of aryl methyl sites for hydroxylation is 2. The number of anilines is 1. The molecule has 2 aliphatic heterocycles. The molecule has 0 aliphatic carbocycles. The van der Waals surface area contributed by atoms with Crippen LogP contribution in [0.2, 0.25) is 5.02 Å². The van der Waals surface area contributed by atoms with Crippen molar-refractivity contribution in [3.05, 3.63) is 52.5 Å². The molecule has 2 aliphatic rings. The normalized spacial score (nSPS) is 17.1. The van der Waals surface area contributed by atoms with Crippen LogP contribution in [0, 0.1) is 6.92 Å². The Balaban J connectivity index is 1.52. The molecule has 1 amide bonds.